The molecule has 35 heavy (non-hydrogen) atoms. The van der Waals surface area contributed by atoms with Gasteiger partial charge in [0.2, 0.25) is 5.95 Å². The maximum Gasteiger partial charge on any atom is 0.416 e. The van der Waals surface area contributed by atoms with Gasteiger partial charge in [-0.2, -0.15) is 18.2 Å². The molecule has 3 aromatic rings. The topological polar surface area (TPSA) is 85.9 Å². The zero-order valence-electron chi connectivity index (χ0n) is 18.7. The molecule has 2 aliphatic heterocycles. The first-order valence-corrected chi connectivity index (χ1v) is 11.1. The number of anilines is 3. The van der Waals surface area contributed by atoms with Crippen LogP contribution in [0.5, 0.6) is 0 Å². The summed E-state index contributed by atoms with van der Waals surface area (Å²) < 4.78 is 66.3. The highest BCUT2D eigenvalue weighted by atomic mass is 19.4. The smallest absolute Gasteiger partial charge is 0.347 e. The SMILES string of the molecule is CC(c1ncc[nH]1)N1CCC(c2cc(Nc3cc(C(F)(F)F)ccn3)nc(N3CC(F)(F)C3)n2)C1. The van der Waals surface area contributed by atoms with Crippen LogP contribution in [0.15, 0.2) is 36.8 Å². The van der Waals surface area contributed by atoms with Crippen molar-refractivity contribution in [1.82, 2.24) is 29.8 Å². The molecule has 0 bridgehead atoms. The number of hydrogen-bond acceptors (Lipinski definition) is 7. The summed E-state index contributed by atoms with van der Waals surface area (Å²) in [5, 5.41) is 2.80. The molecule has 5 heterocycles. The fraction of sp³-hybridized carbons (Fsp3) is 0.455. The molecule has 3 aromatic heterocycles. The van der Waals surface area contributed by atoms with Crippen molar-refractivity contribution in [3.05, 3.63) is 53.9 Å². The Morgan fingerprint density at radius 2 is 1.91 bits per heavy atom. The largest absolute Gasteiger partial charge is 0.416 e. The number of likely N-dealkylation sites (tertiary alicyclic amines) is 1. The molecular weight excluding hydrogens is 471 g/mol. The Kier molecular flexibility index (Phi) is 5.82. The molecule has 186 valence electrons. The summed E-state index contributed by atoms with van der Waals surface area (Å²) in [5.74, 6) is -1.73. The molecule has 8 nitrogen and oxygen atoms in total. The third-order valence-corrected chi connectivity index (χ3v) is 6.31. The van der Waals surface area contributed by atoms with Crippen LogP contribution in [0.25, 0.3) is 0 Å². The summed E-state index contributed by atoms with van der Waals surface area (Å²) in [6.45, 7) is 2.47. The number of nitrogens with zero attached hydrogens (tertiary/aromatic N) is 6. The Morgan fingerprint density at radius 3 is 2.60 bits per heavy atom. The number of rotatable bonds is 6. The van der Waals surface area contributed by atoms with Gasteiger partial charge < -0.3 is 15.2 Å². The molecule has 0 aromatic carbocycles. The fourth-order valence-corrected chi connectivity index (χ4v) is 4.39. The van der Waals surface area contributed by atoms with Gasteiger partial charge in [0.25, 0.3) is 5.92 Å². The Morgan fingerprint density at radius 1 is 1.11 bits per heavy atom. The van der Waals surface area contributed by atoms with E-state index in [-0.39, 0.29) is 29.5 Å². The molecule has 2 fully saturated rings. The Balaban J connectivity index is 1.40. The molecular formula is C22H23F5N8. The number of alkyl halides is 5. The van der Waals surface area contributed by atoms with E-state index in [0.717, 1.165) is 37.1 Å². The first-order chi connectivity index (χ1) is 16.6. The lowest BCUT2D eigenvalue weighted by atomic mass is 10.0. The summed E-state index contributed by atoms with van der Waals surface area (Å²) in [5.41, 5.74) is -0.223. The monoisotopic (exact) mass is 494 g/mol. The van der Waals surface area contributed by atoms with Gasteiger partial charge in [-0.1, -0.05) is 0 Å². The Labute approximate surface area is 197 Å². The summed E-state index contributed by atoms with van der Waals surface area (Å²) in [6, 6.07) is 3.45. The van der Waals surface area contributed by atoms with E-state index >= 15 is 0 Å². The van der Waals surface area contributed by atoms with Crippen LogP contribution in [0.1, 0.15) is 42.4 Å². The predicted octanol–water partition coefficient (Wildman–Crippen LogP) is 4.36. The molecule has 2 atom stereocenters. The van der Waals surface area contributed by atoms with E-state index in [2.05, 4.69) is 35.1 Å². The van der Waals surface area contributed by atoms with Gasteiger partial charge in [-0.3, -0.25) is 4.90 Å². The average Bonchev–Trinajstić information content (AvgIpc) is 3.49. The van der Waals surface area contributed by atoms with E-state index in [4.69, 9.17) is 0 Å². The van der Waals surface area contributed by atoms with Crippen LogP contribution >= 0.6 is 0 Å². The lowest BCUT2D eigenvalue weighted by Crippen LogP contribution is -2.57. The van der Waals surface area contributed by atoms with Crippen molar-refractivity contribution in [2.75, 3.05) is 36.4 Å². The highest BCUT2D eigenvalue weighted by molar-refractivity contribution is 5.56. The van der Waals surface area contributed by atoms with Crippen molar-refractivity contribution in [2.24, 2.45) is 0 Å². The zero-order chi connectivity index (χ0) is 24.8. The number of nitrogens with one attached hydrogen (secondary N) is 2. The van der Waals surface area contributed by atoms with Crippen LogP contribution in [-0.2, 0) is 6.18 Å². The summed E-state index contributed by atoms with van der Waals surface area (Å²) >= 11 is 0. The second kappa shape index (κ2) is 8.70. The molecule has 0 amide bonds. The van der Waals surface area contributed by atoms with Crippen molar-refractivity contribution in [3.63, 3.8) is 0 Å². The molecule has 0 spiro atoms. The van der Waals surface area contributed by atoms with Gasteiger partial charge in [-0.25, -0.2) is 23.7 Å². The lowest BCUT2D eigenvalue weighted by Gasteiger charge is -2.38. The standard InChI is InChI=1S/C22H23F5N8/c1-13(19-29-5-6-30-19)34-7-3-14(10-34)16-9-18(33-20(31-16)35-11-21(23,24)12-35)32-17-8-15(2-4-28-17)22(25,26)27/h2,4-6,8-9,13-14H,3,7,10-12H2,1H3,(H,29,30)(H,28,31,32,33). The second-order valence-electron chi connectivity index (χ2n) is 8.87. The second-order valence-corrected chi connectivity index (χ2v) is 8.87. The highest BCUT2D eigenvalue weighted by Crippen LogP contribution is 2.36. The minimum atomic E-state index is -4.53. The average molecular weight is 494 g/mol. The Bertz CT molecular complexity index is 1170. The first-order valence-electron chi connectivity index (χ1n) is 11.1. The third-order valence-electron chi connectivity index (χ3n) is 6.31. The molecule has 2 aliphatic rings. The van der Waals surface area contributed by atoms with Crippen molar-refractivity contribution in [2.45, 2.75) is 37.4 Å². The van der Waals surface area contributed by atoms with E-state index in [1.165, 1.54) is 4.90 Å². The van der Waals surface area contributed by atoms with E-state index in [0.29, 0.717) is 12.2 Å². The summed E-state index contributed by atoms with van der Waals surface area (Å²) in [4.78, 5) is 23.8. The summed E-state index contributed by atoms with van der Waals surface area (Å²) in [6.07, 6.45) is 0.758. The molecule has 5 rings (SSSR count). The normalized spacial score (nSPS) is 21.1. The van der Waals surface area contributed by atoms with E-state index in [1.807, 2.05) is 6.92 Å². The van der Waals surface area contributed by atoms with E-state index in [1.54, 1.807) is 18.5 Å². The van der Waals surface area contributed by atoms with Gasteiger partial charge in [0, 0.05) is 37.1 Å². The molecule has 0 radical (unpaired) electrons. The minimum absolute atomic E-state index is 0.00836. The lowest BCUT2D eigenvalue weighted by molar-refractivity contribution is -0.137. The molecule has 2 N–H and O–H groups in total. The number of imidazole rings is 1. The highest BCUT2D eigenvalue weighted by Gasteiger charge is 2.45. The molecule has 2 saturated heterocycles. The number of aromatic amines is 1. The maximum absolute atomic E-state index is 13.5. The predicted molar refractivity (Wildman–Crippen MR) is 118 cm³/mol. The van der Waals surface area contributed by atoms with Gasteiger partial charge in [0.15, 0.2) is 0 Å². The number of pyridine rings is 1. The zero-order valence-corrected chi connectivity index (χ0v) is 18.7. The third kappa shape index (κ3) is 5.04. The van der Waals surface area contributed by atoms with Crippen molar-refractivity contribution in [1.29, 1.82) is 0 Å². The maximum atomic E-state index is 13.5. The van der Waals surface area contributed by atoms with Crippen LogP contribution in [-0.4, -0.2) is 61.9 Å². The van der Waals surface area contributed by atoms with E-state index < -0.39 is 30.8 Å². The first kappa shape index (κ1) is 23.4. The molecule has 2 unspecified atom stereocenters. The van der Waals surface area contributed by atoms with Crippen LogP contribution in [0, 0.1) is 0 Å². The minimum Gasteiger partial charge on any atom is -0.347 e. The van der Waals surface area contributed by atoms with Gasteiger partial charge >= 0.3 is 6.18 Å². The Hall–Kier alpha value is -3.35. The van der Waals surface area contributed by atoms with Crippen LogP contribution < -0.4 is 10.2 Å². The van der Waals surface area contributed by atoms with Crippen LogP contribution in [0.4, 0.5) is 39.5 Å². The number of hydrogen-bond donors (Lipinski definition) is 2. The van der Waals surface area contributed by atoms with Gasteiger partial charge in [0.05, 0.1) is 30.4 Å². The number of H-pyrrole nitrogens is 1. The van der Waals surface area contributed by atoms with Gasteiger partial charge in [0.1, 0.15) is 17.5 Å². The van der Waals surface area contributed by atoms with Gasteiger partial charge in [-0.15, -0.1) is 0 Å². The quantitative estimate of drug-likeness (QED) is 0.493. The molecule has 0 aliphatic carbocycles. The van der Waals surface area contributed by atoms with Crippen molar-refractivity contribution >= 4 is 17.6 Å². The fourth-order valence-electron chi connectivity index (χ4n) is 4.39. The van der Waals surface area contributed by atoms with Crippen molar-refractivity contribution < 1.29 is 22.0 Å². The number of aromatic nitrogens is 5. The van der Waals surface area contributed by atoms with Crippen molar-refractivity contribution in [3.8, 4) is 0 Å². The molecule has 13 heteroatoms. The van der Waals surface area contributed by atoms with Gasteiger partial charge in [-0.05, 0) is 32.0 Å². The van der Waals surface area contributed by atoms with E-state index in [9.17, 15) is 22.0 Å². The van der Waals surface area contributed by atoms with Crippen LogP contribution in [0.2, 0.25) is 0 Å². The molecule has 0 saturated carbocycles. The van der Waals surface area contributed by atoms with Crippen LogP contribution in [0.3, 0.4) is 0 Å². The number of halogens is 5. The summed E-state index contributed by atoms with van der Waals surface area (Å²) in [7, 11) is 0.